The molecule has 0 amide bonds. The molecular weight excluding hydrogens is 440 g/mol. The number of allylic oxidation sites excluding steroid dienone is 1. The fourth-order valence-corrected chi connectivity index (χ4v) is 4.78. The van der Waals surface area contributed by atoms with Crippen molar-refractivity contribution in [3.05, 3.63) is 35.2 Å². The second-order valence-corrected chi connectivity index (χ2v) is 9.70. The van der Waals surface area contributed by atoms with Crippen LogP contribution < -0.4 is 10.1 Å². The van der Waals surface area contributed by atoms with E-state index in [0.29, 0.717) is 47.8 Å². The summed E-state index contributed by atoms with van der Waals surface area (Å²) in [5.74, 6) is 1.42. The number of aromatic nitrogens is 3. The number of ketones is 1. The van der Waals surface area contributed by atoms with E-state index in [-0.39, 0.29) is 17.1 Å². The molecule has 0 saturated heterocycles. The van der Waals surface area contributed by atoms with Crippen molar-refractivity contribution in [3.8, 4) is 17.4 Å². The minimum Gasteiger partial charge on any atom is -0.477 e. The maximum Gasteiger partial charge on any atom is 0.218 e. The molecule has 0 aromatic carbocycles. The van der Waals surface area contributed by atoms with Crippen molar-refractivity contribution >= 4 is 17.4 Å². The summed E-state index contributed by atoms with van der Waals surface area (Å²) < 4.78 is 11.8. The zero-order valence-electron chi connectivity index (χ0n) is 19.4. The van der Waals surface area contributed by atoms with Gasteiger partial charge in [0, 0.05) is 23.5 Å². The molecule has 178 valence electrons. The molecule has 0 aliphatic heterocycles. The van der Waals surface area contributed by atoms with Gasteiger partial charge in [0.15, 0.2) is 17.3 Å². The Bertz CT molecular complexity index is 986. The van der Waals surface area contributed by atoms with Crippen LogP contribution in [0.2, 0.25) is 5.15 Å². The molecule has 0 unspecified atom stereocenters. The quantitative estimate of drug-likeness (QED) is 0.255. The third kappa shape index (κ3) is 5.82. The molecule has 0 radical (unpaired) electrons. The van der Waals surface area contributed by atoms with Gasteiger partial charge in [-0.05, 0) is 65.0 Å². The summed E-state index contributed by atoms with van der Waals surface area (Å²) in [6.45, 7) is 5.46. The molecule has 33 heavy (non-hydrogen) atoms. The predicted octanol–water partition coefficient (Wildman–Crippen LogP) is 5.29. The zero-order valence-corrected chi connectivity index (χ0v) is 20.1. The topological polar surface area (TPSA) is 90.1 Å². The molecule has 0 bridgehead atoms. The normalized spacial score (nSPS) is 19.5. The van der Waals surface area contributed by atoms with Crippen molar-refractivity contribution < 1.29 is 14.1 Å². The molecule has 2 aliphatic rings. The second-order valence-electron chi connectivity index (χ2n) is 9.31. The van der Waals surface area contributed by atoms with Crippen molar-refractivity contribution in [1.82, 2.24) is 20.4 Å². The Morgan fingerprint density at radius 2 is 2.21 bits per heavy atom. The summed E-state index contributed by atoms with van der Waals surface area (Å²) in [7, 11) is 1.98. The van der Waals surface area contributed by atoms with Gasteiger partial charge in [0.25, 0.3) is 0 Å². The van der Waals surface area contributed by atoms with E-state index < -0.39 is 0 Å². The molecule has 8 heteroatoms. The largest absolute Gasteiger partial charge is 0.477 e. The van der Waals surface area contributed by atoms with Crippen LogP contribution >= 0.6 is 11.6 Å². The minimum absolute atomic E-state index is 0.216. The summed E-state index contributed by atoms with van der Waals surface area (Å²) >= 11 is 6.34. The first kappa shape index (κ1) is 23.9. The molecule has 2 aromatic rings. The number of carbonyl (C=O) groups excluding carboxylic acids is 1. The monoisotopic (exact) mass is 472 g/mol. The first-order valence-electron chi connectivity index (χ1n) is 12.0. The molecule has 2 aliphatic carbocycles. The predicted molar refractivity (Wildman–Crippen MR) is 128 cm³/mol. The van der Waals surface area contributed by atoms with Crippen molar-refractivity contribution in [2.75, 3.05) is 20.2 Å². The Balaban J connectivity index is 1.56. The molecule has 2 fully saturated rings. The number of Topliss-reactive ketones (excluding diaryl/α,β-unsaturated/α-hetero) is 1. The van der Waals surface area contributed by atoms with E-state index in [4.69, 9.17) is 20.9 Å². The highest BCUT2D eigenvalue weighted by atomic mass is 35.5. The third-order valence-corrected chi connectivity index (χ3v) is 6.98. The molecule has 1 N–H and O–H groups in total. The molecule has 2 aromatic heterocycles. The van der Waals surface area contributed by atoms with E-state index in [1.165, 1.54) is 12.8 Å². The summed E-state index contributed by atoms with van der Waals surface area (Å²) in [6, 6.07) is 1.64. The second kappa shape index (κ2) is 10.8. The molecule has 2 saturated carbocycles. The van der Waals surface area contributed by atoms with Crippen molar-refractivity contribution in [1.29, 1.82) is 0 Å². The Labute approximate surface area is 200 Å². The molecule has 2 heterocycles. The SMILES string of the molecule is C=CCCc1c(-c2nc(Cl)cc(OCC3(CCCNC)CC3)n2)noc1[C@H]1CCCCC1=O. The van der Waals surface area contributed by atoms with E-state index in [2.05, 4.69) is 27.0 Å². The Hall–Kier alpha value is -2.25. The van der Waals surface area contributed by atoms with E-state index in [9.17, 15) is 4.79 Å². The van der Waals surface area contributed by atoms with Gasteiger partial charge in [-0.1, -0.05) is 29.3 Å². The average molecular weight is 473 g/mol. The number of hydrogen-bond donors (Lipinski definition) is 1. The maximum absolute atomic E-state index is 12.6. The molecule has 7 nitrogen and oxygen atoms in total. The minimum atomic E-state index is -0.248. The van der Waals surface area contributed by atoms with E-state index in [0.717, 1.165) is 50.6 Å². The number of rotatable bonds is 12. The van der Waals surface area contributed by atoms with Gasteiger partial charge in [0.1, 0.15) is 10.9 Å². The van der Waals surface area contributed by atoms with Gasteiger partial charge in [-0.2, -0.15) is 4.98 Å². The number of ether oxygens (including phenoxy) is 1. The summed E-state index contributed by atoms with van der Waals surface area (Å²) in [5, 5.41) is 7.79. The molecule has 0 spiro atoms. The van der Waals surface area contributed by atoms with Crippen LogP contribution in [0, 0.1) is 5.41 Å². The van der Waals surface area contributed by atoms with E-state index in [1.54, 1.807) is 6.07 Å². The molecule has 4 rings (SSSR count). The smallest absolute Gasteiger partial charge is 0.218 e. The molecular formula is C25H33ClN4O3. The van der Waals surface area contributed by atoms with Gasteiger partial charge in [-0.25, -0.2) is 4.98 Å². The summed E-state index contributed by atoms with van der Waals surface area (Å²) in [6.07, 6.45) is 11.2. The standard InChI is InChI=1S/C25H33ClN4O3/c1-3-4-8-18-22(30-33-23(18)17-9-5-6-10-19(17)31)24-28-20(26)15-21(29-24)32-16-25(12-13-25)11-7-14-27-2/h3,15,17,27H,1,4-14,16H2,2H3/t17-/m0/s1. The highest BCUT2D eigenvalue weighted by Gasteiger charge is 2.42. The number of nitrogens with one attached hydrogen (secondary N) is 1. The van der Waals surface area contributed by atoms with Crippen LogP contribution in [0.1, 0.15) is 75.0 Å². The van der Waals surface area contributed by atoms with Crippen LogP contribution in [0.15, 0.2) is 23.2 Å². The van der Waals surface area contributed by atoms with Gasteiger partial charge in [-0.15, -0.1) is 6.58 Å². The highest BCUT2D eigenvalue weighted by molar-refractivity contribution is 6.29. The first-order valence-corrected chi connectivity index (χ1v) is 12.4. The van der Waals surface area contributed by atoms with Crippen LogP contribution in [0.3, 0.4) is 0 Å². The van der Waals surface area contributed by atoms with Gasteiger partial charge in [0.2, 0.25) is 5.88 Å². The van der Waals surface area contributed by atoms with E-state index >= 15 is 0 Å². The Morgan fingerprint density at radius 3 is 2.94 bits per heavy atom. The van der Waals surface area contributed by atoms with Gasteiger partial charge >= 0.3 is 0 Å². The Morgan fingerprint density at radius 1 is 1.36 bits per heavy atom. The van der Waals surface area contributed by atoms with Gasteiger partial charge < -0.3 is 14.6 Å². The lowest BCUT2D eigenvalue weighted by Gasteiger charge is -2.19. The number of carbonyl (C=O) groups is 1. The zero-order chi connectivity index (χ0) is 23.3. The van der Waals surface area contributed by atoms with E-state index in [1.807, 2.05) is 13.1 Å². The first-order chi connectivity index (χ1) is 16.0. The van der Waals surface area contributed by atoms with Crippen LogP contribution in [0.4, 0.5) is 0 Å². The van der Waals surface area contributed by atoms with Crippen molar-refractivity contribution in [3.63, 3.8) is 0 Å². The van der Waals surface area contributed by atoms with Crippen LogP contribution in [-0.4, -0.2) is 41.1 Å². The highest BCUT2D eigenvalue weighted by Crippen LogP contribution is 2.49. The Kier molecular flexibility index (Phi) is 7.81. The number of hydrogen-bond acceptors (Lipinski definition) is 7. The lowest BCUT2D eigenvalue weighted by Crippen LogP contribution is -2.18. The fourth-order valence-electron chi connectivity index (χ4n) is 4.61. The number of nitrogens with zero attached hydrogens (tertiary/aromatic N) is 3. The maximum atomic E-state index is 12.6. The fraction of sp³-hybridized carbons (Fsp3) is 0.600. The van der Waals surface area contributed by atoms with Crippen molar-refractivity contribution in [2.45, 2.75) is 70.1 Å². The number of halogens is 1. The van der Waals surface area contributed by atoms with Gasteiger partial charge in [0.05, 0.1) is 12.5 Å². The van der Waals surface area contributed by atoms with Crippen molar-refractivity contribution in [2.24, 2.45) is 5.41 Å². The average Bonchev–Trinajstić information content (AvgIpc) is 3.46. The summed E-state index contributed by atoms with van der Waals surface area (Å²) in [5.41, 5.74) is 1.65. The summed E-state index contributed by atoms with van der Waals surface area (Å²) in [4.78, 5) is 21.6. The lowest BCUT2D eigenvalue weighted by molar-refractivity contribution is -0.122. The van der Waals surface area contributed by atoms with Crippen LogP contribution in [0.5, 0.6) is 5.88 Å². The lowest BCUT2D eigenvalue weighted by atomic mass is 9.84. The third-order valence-electron chi connectivity index (χ3n) is 6.79. The van der Waals surface area contributed by atoms with Crippen LogP contribution in [-0.2, 0) is 11.2 Å². The van der Waals surface area contributed by atoms with Gasteiger partial charge in [-0.3, -0.25) is 4.79 Å². The van der Waals surface area contributed by atoms with Crippen LogP contribution in [0.25, 0.3) is 11.5 Å². The molecule has 1 atom stereocenters.